The highest BCUT2D eigenvalue weighted by atomic mass is 79.9. The minimum absolute atomic E-state index is 0.193. The molecule has 36 heavy (non-hydrogen) atoms. The molecule has 1 saturated heterocycles. The summed E-state index contributed by atoms with van der Waals surface area (Å²) < 4.78 is 13.8. The first-order valence-electron chi connectivity index (χ1n) is 10.6. The van der Waals surface area contributed by atoms with E-state index in [2.05, 4.69) is 53.1 Å². The molecule has 0 unspecified atom stereocenters. The number of anilines is 1. The molecule has 0 aromatic heterocycles. The van der Waals surface area contributed by atoms with Crippen LogP contribution in [0.2, 0.25) is 0 Å². The lowest BCUT2D eigenvalue weighted by atomic mass is 10.1. The number of urea groups is 1. The highest BCUT2D eigenvalue weighted by molar-refractivity contribution is 9.11. The number of nitrogens with zero attached hydrogens (tertiary/aromatic N) is 1. The Morgan fingerprint density at radius 3 is 2.31 bits per heavy atom. The first-order valence-corrected chi connectivity index (χ1v) is 13.0. The van der Waals surface area contributed by atoms with Crippen LogP contribution in [0.3, 0.4) is 0 Å². The number of imide groups is 2. The predicted octanol–water partition coefficient (Wildman–Crippen LogP) is 6.54. The van der Waals surface area contributed by atoms with Crippen LogP contribution in [0.25, 0.3) is 6.08 Å². The van der Waals surface area contributed by atoms with Gasteiger partial charge in [-0.05, 0) is 72.2 Å². The quantitative estimate of drug-likeness (QED) is 0.237. The smallest absolute Gasteiger partial charge is 0.335 e. The molecule has 1 N–H and O–H groups in total. The molecule has 0 bridgehead atoms. The van der Waals surface area contributed by atoms with E-state index < -0.39 is 17.8 Å². The Hall–Kier alpha value is -2.95. The Kier molecular flexibility index (Phi) is 7.97. The topological polar surface area (TPSA) is 84.9 Å². The fourth-order valence-electron chi connectivity index (χ4n) is 3.49. The molecule has 0 saturated carbocycles. The molecule has 0 aliphatic carbocycles. The average molecular weight is 679 g/mol. The zero-order valence-electron chi connectivity index (χ0n) is 19.1. The van der Waals surface area contributed by atoms with Gasteiger partial charge in [0, 0.05) is 13.4 Å². The maximum Gasteiger partial charge on any atom is 0.335 e. The number of halogens is 3. The van der Waals surface area contributed by atoms with E-state index in [4.69, 9.17) is 9.47 Å². The zero-order chi connectivity index (χ0) is 26.0. The Bertz CT molecular complexity index is 1400. The number of hydrogen-bond donors (Lipinski definition) is 1. The third-order valence-electron chi connectivity index (χ3n) is 5.39. The number of barbiturate groups is 1. The van der Waals surface area contributed by atoms with Gasteiger partial charge in [0.15, 0.2) is 11.5 Å². The van der Waals surface area contributed by atoms with Crippen molar-refractivity contribution in [3.63, 3.8) is 0 Å². The summed E-state index contributed by atoms with van der Waals surface area (Å²) in [6.45, 7) is 2.16. The van der Waals surface area contributed by atoms with Crippen molar-refractivity contribution in [3.05, 3.63) is 90.3 Å². The summed E-state index contributed by atoms with van der Waals surface area (Å²) in [5, 5.41) is 2.24. The molecule has 1 aliphatic rings. The standard InChI is InChI=1S/C26H19Br3N2O5/c1-14-9-18(7-8-20(14)28)31-25(33)19(24(32)30-26(31)34)10-16-11-22(35-2)23(12-21(16)29)36-13-15-3-5-17(27)6-4-15/h3-12H,13H2,1-2H3,(H,30,32,34)/b19-10+. The van der Waals surface area contributed by atoms with E-state index in [0.29, 0.717) is 33.8 Å². The van der Waals surface area contributed by atoms with E-state index in [1.807, 2.05) is 31.2 Å². The van der Waals surface area contributed by atoms with Gasteiger partial charge in [-0.3, -0.25) is 14.9 Å². The number of nitrogens with one attached hydrogen (secondary N) is 1. The van der Waals surface area contributed by atoms with Crippen LogP contribution in [0, 0.1) is 6.92 Å². The molecule has 0 spiro atoms. The van der Waals surface area contributed by atoms with Crippen LogP contribution in [0.1, 0.15) is 16.7 Å². The number of methoxy groups -OCH3 is 1. The molecule has 1 aliphatic heterocycles. The van der Waals surface area contributed by atoms with E-state index in [1.165, 1.54) is 13.2 Å². The largest absolute Gasteiger partial charge is 0.493 e. The number of benzene rings is 3. The minimum atomic E-state index is -0.808. The average Bonchev–Trinajstić information content (AvgIpc) is 2.84. The fourth-order valence-corrected chi connectivity index (χ4v) is 4.44. The van der Waals surface area contributed by atoms with Gasteiger partial charge in [0.2, 0.25) is 0 Å². The Labute approximate surface area is 232 Å². The summed E-state index contributed by atoms with van der Waals surface area (Å²) in [6, 6.07) is 15.3. The second-order valence-electron chi connectivity index (χ2n) is 7.83. The number of carbonyl (C=O) groups excluding carboxylic acids is 3. The van der Waals surface area contributed by atoms with Crippen molar-refractivity contribution in [2.24, 2.45) is 0 Å². The molecule has 0 atom stereocenters. The maximum atomic E-state index is 13.3. The molecule has 3 aromatic rings. The Morgan fingerprint density at radius 2 is 1.64 bits per heavy atom. The van der Waals surface area contributed by atoms with Crippen molar-refractivity contribution in [2.45, 2.75) is 13.5 Å². The van der Waals surface area contributed by atoms with Crippen LogP contribution >= 0.6 is 47.8 Å². The zero-order valence-corrected chi connectivity index (χ0v) is 23.9. The van der Waals surface area contributed by atoms with E-state index in [9.17, 15) is 14.4 Å². The van der Waals surface area contributed by atoms with Gasteiger partial charge in [0.05, 0.1) is 12.8 Å². The third kappa shape index (κ3) is 5.55. The molecular formula is C26H19Br3N2O5. The molecule has 10 heteroatoms. The summed E-state index contributed by atoms with van der Waals surface area (Å²) in [6.07, 6.45) is 1.41. The lowest BCUT2D eigenvalue weighted by molar-refractivity contribution is -0.122. The lowest BCUT2D eigenvalue weighted by Crippen LogP contribution is -2.54. The molecule has 7 nitrogen and oxygen atoms in total. The van der Waals surface area contributed by atoms with Crippen LogP contribution in [-0.2, 0) is 16.2 Å². The summed E-state index contributed by atoms with van der Waals surface area (Å²) in [7, 11) is 1.50. The van der Waals surface area contributed by atoms with Gasteiger partial charge in [-0.1, -0.05) is 59.9 Å². The van der Waals surface area contributed by atoms with Gasteiger partial charge < -0.3 is 9.47 Å². The van der Waals surface area contributed by atoms with Gasteiger partial charge in [0.25, 0.3) is 11.8 Å². The monoisotopic (exact) mass is 676 g/mol. The van der Waals surface area contributed by atoms with Crippen LogP contribution in [-0.4, -0.2) is 25.0 Å². The van der Waals surface area contributed by atoms with Crippen molar-refractivity contribution >= 4 is 77.4 Å². The number of amides is 4. The normalized spacial score (nSPS) is 14.8. The number of aryl methyl sites for hydroxylation is 1. The SMILES string of the molecule is COc1cc(/C=C2\C(=O)NC(=O)N(c3ccc(Br)c(C)c3)C2=O)c(Br)cc1OCc1ccc(Br)cc1. The van der Waals surface area contributed by atoms with E-state index in [-0.39, 0.29) is 5.57 Å². The number of carbonyl (C=O) groups is 3. The van der Waals surface area contributed by atoms with Gasteiger partial charge in [-0.2, -0.15) is 0 Å². The minimum Gasteiger partial charge on any atom is -0.493 e. The third-order valence-corrected chi connectivity index (χ3v) is 7.50. The number of ether oxygens (including phenoxy) is 2. The summed E-state index contributed by atoms with van der Waals surface area (Å²) in [4.78, 5) is 39.3. The number of hydrogen-bond acceptors (Lipinski definition) is 5. The van der Waals surface area contributed by atoms with Crippen molar-refractivity contribution in [3.8, 4) is 11.5 Å². The van der Waals surface area contributed by atoms with Crippen LogP contribution in [0.5, 0.6) is 11.5 Å². The first kappa shape index (κ1) is 26.1. The molecule has 1 fully saturated rings. The van der Waals surface area contributed by atoms with Crippen molar-refractivity contribution in [1.29, 1.82) is 0 Å². The summed E-state index contributed by atoms with van der Waals surface area (Å²) in [5.74, 6) is -0.610. The number of rotatable bonds is 6. The van der Waals surface area contributed by atoms with Crippen LogP contribution < -0.4 is 19.7 Å². The predicted molar refractivity (Wildman–Crippen MR) is 147 cm³/mol. The summed E-state index contributed by atoms with van der Waals surface area (Å²) >= 11 is 10.3. The van der Waals surface area contributed by atoms with Gasteiger partial charge in [-0.15, -0.1) is 0 Å². The van der Waals surface area contributed by atoms with E-state index >= 15 is 0 Å². The highest BCUT2D eigenvalue weighted by Crippen LogP contribution is 2.36. The summed E-state index contributed by atoms with van der Waals surface area (Å²) in [5.41, 5.74) is 2.47. The Balaban J connectivity index is 1.64. The van der Waals surface area contributed by atoms with Crippen LogP contribution in [0.15, 0.2) is 73.6 Å². The highest BCUT2D eigenvalue weighted by Gasteiger charge is 2.37. The molecule has 3 aromatic carbocycles. The fraction of sp³-hybridized carbons (Fsp3) is 0.115. The van der Waals surface area contributed by atoms with E-state index in [1.54, 1.807) is 30.3 Å². The lowest BCUT2D eigenvalue weighted by Gasteiger charge is -2.27. The molecule has 1 heterocycles. The maximum absolute atomic E-state index is 13.3. The van der Waals surface area contributed by atoms with Crippen molar-refractivity contribution in [2.75, 3.05) is 12.0 Å². The first-order chi connectivity index (χ1) is 17.2. The molecule has 0 radical (unpaired) electrons. The van der Waals surface area contributed by atoms with Gasteiger partial charge >= 0.3 is 6.03 Å². The molecule has 4 rings (SSSR count). The Morgan fingerprint density at radius 1 is 0.917 bits per heavy atom. The molecular weight excluding hydrogens is 660 g/mol. The second kappa shape index (κ2) is 11.0. The van der Waals surface area contributed by atoms with Crippen molar-refractivity contribution < 1.29 is 23.9 Å². The van der Waals surface area contributed by atoms with Gasteiger partial charge in [-0.25, -0.2) is 9.69 Å². The molecule has 184 valence electrons. The van der Waals surface area contributed by atoms with Crippen molar-refractivity contribution in [1.82, 2.24) is 5.32 Å². The van der Waals surface area contributed by atoms with E-state index in [0.717, 1.165) is 25.0 Å². The van der Waals surface area contributed by atoms with Gasteiger partial charge in [0.1, 0.15) is 12.2 Å². The van der Waals surface area contributed by atoms with Crippen LogP contribution in [0.4, 0.5) is 10.5 Å². The molecule has 4 amide bonds. The second-order valence-corrected chi connectivity index (χ2v) is 10.5.